The summed E-state index contributed by atoms with van der Waals surface area (Å²) in [5.41, 5.74) is 1.68. The second kappa shape index (κ2) is 9.38. The normalized spacial score (nSPS) is 12.7. The van der Waals surface area contributed by atoms with E-state index in [0.29, 0.717) is 16.8 Å². The molecule has 1 N–H and O–H groups in total. The molecule has 0 aliphatic carbocycles. The highest BCUT2D eigenvalue weighted by atomic mass is 32.2. The fraction of sp³-hybridized carbons (Fsp3) is 0.273. The van der Waals surface area contributed by atoms with E-state index in [9.17, 15) is 18.0 Å². The third kappa shape index (κ3) is 5.66. The highest BCUT2D eigenvalue weighted by Gasteiger charge is 2.32. The SMILES string of the molecule is CC(C)NC(=O)C(Sc1ncc(-c2ccccc2)n1CC(F)(F)F)c1ccccc1. The van der Waals surface area contributed by atoms with Crippen molar-refractivity contribution in [3.63, 3.8) is 0 Å². The van der Waals surface area contributed by atoms with Crippen molar-refractivity contribution >= 4 is 17.7 Å². The molecule has 0 saturated carbocycles. The number of amides is 1. The summed E-state index contributed by atoms with van der Waals surface area (Å²) in [5, 5.41) is 2.26. The molecule has 1 amide bonds. The van der Waals surface area contributed by atoms with E-state index in [1.807, 2.05) is 19.9 Å². The zero-order chi connectivity index (χ0) is 21.7. The lowest BCUT2D eigenvalue weighted by Crippen LogP contribution is -2.33. The van der Waals surface area contributed by atoms with Gasteiger partial charge in [0.05, 0.1) is 11.9 Å². The molecular formula is C22H22F3N3OS. The molecule has 3 rings (SSSR count). The molecule has 1 heterocycles. The number of hydrogen-bond acceptors (Lipinski definition) is 3. The van der Waals surface area contributed by atoms with Crippen molar-refractivity contribution in [2.75, 3.05) is 0 Å². The lowest BCUT2D eigenvalue weighted by molar-refractivity contribution is -0.141. The second-order valence-electron chi connectivity index (χ2n) is 7.07. The van der Waals surface area contributed by atoms with Gasteiger partial charge in [-0.1, -0.05) is 72.4 Å². The van der Waals surface area contributed by atoms with E-state index in [4.69, 9.17) is 0 Å². The summed E-state index contributed by atoms with van der Waals surface area (Å²) in [6.07, 6.45) is -3.01. The lowest BCUT2D eigenvalue weighted by Gasteiger charge is -2.20. The molecule has 1 aromatic heterocycles. The summed E-state index contributed by atoms with van der Waals surface area (Å²) < 4.78 is 41.2. The first-order valence-corrected chi connectivity index (χ1v) is 10.3. The van der Waals surface area contributed by atoms with Crippen molar-refractivity contribution in [1.82, 2.24) is 14.9 Å². The Morgan fingerprint density at radius 3 is 2.23 bits per heavy atom. The molecule has 0 saturated heterocycles. The van der Waals surface area contributed by atoms with Gasteiger partial charge in [0.25, 0.3) is 0 Å². The number of nitrogens with zero attached hydrogens (tertiary/aromatic N) is 2. The molecule has 8 heteroatoms. The van der Waals surface area contributed by atoms with Crippen LogP contribution in [0.5, 0.6) is 0 Å². The summed E-state index contributed by atoms with van der Waals surface area (Å²) >= 11 is 1.01. The first kappa shape index (κ1) is 22.0. The molecule has 3 aromatic rings. The number of carbonyl (C=O) groups excluding carboxylic acids is 1. The van der Waals surface area contributed by atoms with Crippen molar-refractivity contribution in [1.29, 1.82) is 0 Å². The first-order valence-electron chi connectivity index (χ1n) is 9.44. The minimum absolute atomic E-state index is 0.0980. The topological polar surface area (TPSA) is 46.9 Å². The van der Waals surface area contributed by atoms with Crippen LogP contribution in [0, 0.1) is 0 Å². The van der Waals surface area contributed by atoms with Gasteiger partial charge in [0.2, 0.25) is 5.91 Å². The number of carbonyl (C=O) groups is 1. The quantitative estimate of drug-likeness (QED) is 0.503. The number of alkyl halides is 3. The molecule has 0 fully saturated rings. The van der Waals surface area contributed by atoms with Crippen LogP contribution in [0.15, 0.2) is 72.0 Å². The number of halogens is 3. The van der Waals surface area contributed by atoms with Gasteiger partial charge in [0, 0.05) is 6.04 Å². The average Bonchev–Trinajstić information content (AvgIpc) is 3.07. The molecule has 0 spiro atoms. The van der Waals surface area contributed by atoms with E-state index in [1.54, 1.807) is 54.6 Å². The van der Waals surface area contributed by atoms with Crippen LogP contribution in [0.4, 0.5) is 13.2 Å². The highest BCUT2D eigenvalue weighted by molar-refractivity contribution is 8.00. The summed E-state index contributed by atoms with van der Waals surface area (Å²) in [7, 11) is 0. The number of thioether (sulfide) groups is 1. The maximum Gasteiger partial charge on any atom is 0.406 e. The monoisotopic (exact) mass is 433 g/mol. The molecule has 0 radical (unpaired) electrons. The van der Waals surface area contributed by atoms with E-state index in [-0.39, 0.29) is 17.1 Å². The van der Waals surface area contributed by atoms with E-state index in [1.165, 1.54) is 6.20 Å². The minimum Gasteiger partial charge on any atom is -0.353 e. The molecule has 30 heavy (non-hydrogen) atoms. The Morgan fingerprint density at radius 2 is 1.67 bits per heavy atom. The predicted octanol–water partition coefficient (Wildman–Crippen LogP) is 5.47. The summed E-state index contributed by atoms with van der Waals surface area (Å²) in [4.78, 5) is 17.1. The highest BCUT2D eigenvalue weighted by Crippen LogP contribution is 2.38. The molecule has 1 unspecified atom stereocenters. The average molecular weight is 433 g/mol. The van der Waals surface area contributed by atoms with Crippen LogP contribution in [-0.4, -0.2) is 27.7 Å². The zero-order valence-electron chi connectivity index (χ0n) is 16.6. The van der Waals surface area contributed by atoms with Crippen molar-refractivity contribution in [3.05, 3.63) is 72.4 Å². The zero-order valence-corrected chi connectivity index (χ0v) is 17.4. The van der Waals surface area contributed by atoms with Gasteiger partial charge in [-0.05, 0) is 25.0 Å². The predicted molar refractivity (Wildman–Crippen MR) is 112 cm³/mol. The molecule has 0 bridgehead atoms. The second-order valence-corrected chi connectivity index (χ2v) is 8.14. The standard InChI is InChI=1S/C22H22F3N3OS/c1-15(2)27-20(29)19(17-11-7-4-8-12-17)30-21-26-13-18(16-9-5-3-6-10-16)28(21)14-22(23,24)25/h3-13,15,19H,14H2,1-2H3,(H,27,29). The van der Waals surface area contributed by atoms with E-state index < -0.39 is 18.0 Å². The van der Waals surface area contributed by atoms with Gasteiger partial charge in [-0.25, -0.2) is 4.98 Å². The van der Waals surface area contributed by atoms with Gasteiger partial charge in [-0.15, -0.1) is 0 Å². The maximum atomic E-state index is 13.3. The smallest absolute Gasteiger partial charge is 0.353 e. The van der Waals surface area contributed by atoms with Gasteiger partial charge in [0.15, 0.2) is 5.16 Å². The van der Waals surface area contributed by atoms with Gasteiger partial charge in [-0.2, -0.15) is 13.2 Å². The minimum atomic E-state index is -4.43. The van der Waals surface area contributed by atoms with E-state index >= 15 is 0 Å². The molecule has 0 aliphatic heterocycles. The van der Waals surface area contributed by atoms with Gasteiger partial charge < -0.3 is 9.88 Å². The van der Waals surface area contributed by atoms with Crippen LogP contribution in [0.25, 0.3) is 11.3 Å². The Bertz CT molecular complexity index is 972. The summed E-state index contributed by atoms with van der Waals surface area (Å²) in [6.45, 7) is 2.48. The van der Waals surface area contributed by atoms with Crippen LogP contribution in [0.3, 0.4) is 0 Å². The van der Waals surface area contributed by atoms with Crippen LogP contribution >= 0.6 is 11.8 Å². The molecule has 158 valence electrons. The van der Waals surface area contributed by atoms with Crippen molar-refractivity contribution in [2.45, 2.75) is 43.0 Å². The van der Waals surface area contributed by atoms with E-state index in [2.05, 4.69) is 10.3 Å². The Hall–Kier alpha value is -2.74. The third-order valence-corrected chi connectivity index (χ3v) is 5.48. The lowest BCUT2D eigenvalue weighted by atomic mass is 10.1. The van der Waals surface area contributed by atoms with Gasteiger partial charge >= 0.3 is 6.18 Å². The fourth-order valence-corrected chi connectivity index (χ4v) is 4.07. The maximum absolute atomic E-state index is 13.3. The Morgan fingerprint density at radius 1 is 1.07 bits per heavy atom. The molecular weight excluding hydrogens is 411 g/mol. The Labute approximate surface area is 177 Å². The van der Waals surface area contributed by atoms with Gasteiger partial charge in [0.1, 0.15) is 11.8 Å². The van der Waals surface area contributed by atoms with Crippen molar-refractivity contribution in [2.24, 2.45) is 0 Å². The van der Waals surface area contributed by atoms with Crippen molar-refractivity contribution in [3.8, 4) is 11.3 Å². The Kier molecular flexibility index (Phi) is 6.87. The van der Waals surface area contributed by atoms with Crippen LogP contribution in [-0.2, 0) is 11.3 Å². The molecule has 4 nitrogen and oxygen atoms in total. The van der Waals surface area contributed by atoms with Crippen LogP contribution in [0.1, 0.15) is 24.7 Å². The summed E-state index contributed by atoms with van der Waals surface area (Å²) in [5.74, 6) is -0.274. The van der Waals surface area contributed by atoms with Crippen LogP contribution < -0.4 is 5.32 Å². The summed E-state index contributed by atoms with van der Waals surface area (Å²) in [6, 6.07) is 17.7. The number of benzene rings is 2. The Balaban J connectivity index is 2.02. The van der Waals surface area contributed by atoms with Crippen molar-refractivity contribution < 1.29 is 18.0 Å². The van der Waals surface area contributed by atoms with Crippen LogP contribution in [0.2, 0.25) is 0 Å². The third-order valence-electron chi connectivity index (χ3n) is 4.22. The van der Waals surface area contributed by atoms with E-state index in [0.717, 1.165) is 16.3 Å². The number of aromatic nitrogens is 2. The number of imidazole rings is 1. The molecule has 2 aromatic carbocycles. The first-order chi connectivity index (χ1) is 14.2. The number of rotatable bonds is 7. The fourth-order valence-electron chi connectivity index (χ4n) is 2.99. The van der Waals surface area contributed by atoms with Gasteiger partial charge in [-0.3, -0.25) is 4.79 Å². The molecule has 1 atom stereocenters. The largest absolute Gasteiger partial charge is 0.406 e. The number of nitrogens with one attached hydrogen (secondary N) is 1. The molecule has 0 aliphatic rings. The number of hydrogen-bond donors (Lipinski definition) is 1.